The van der Waals surface area contributed by atoms with Crippen LogP contribution in [0.1, 0.15) is 17.0 Å². The van der Waals surface area contributed by atoms with E-state index in [2.05, 4.69) is 4.98 Å². The number of rotatable bonds is 8. The summed E-state index contributed by atoms with van der Waals surface area (Å²) in [7, 11) is 0. The van der Waals surface area contributed by atoms with E-state index in [0.29, 0.717) is 25.5 Å². The lowest BCUT2D eigenvalue weighted by Gasteiger charge is -2.08. The number of nitrogens with zero attached hydrogens (tertiary/aromatic N) is 1. The number of oxazole rings is 1. The van der Waals surface area contributed by atoms with E-state index < -0.39 is 0 Å². The SMILES string of the molecule is Cc1oc(-c2ccccc2)nc1CCOc1ccc(OCc2ccccc2)cc1. The number of ether oxygens (including phenoxy) is 2. The Hall–Kier alpha value is -3.53. The van der Waals surface area contributed by atoms with E-state index in [-0.39, 0.29) is 0 Å². The van der Waals surface area contributed by atoms with Gasteiger partial charge in [0.2, 0.25) is 5.89 Å². The molecule has 1 aromatic heterocycles. The summed E-state index contributed by atoms with van der Waals surface area (Å²) in [6, 6.07) is 27.7. The van der Waals surface area contributed by atoms with Crippen LogP contribution in [0.3, 0.4) is 0 Å². The van der Waals surface area contributed by atoms with Gasteiger partial charge >= 0.3 is 0 Å². The van der Waals surface area contributed by atoms with Crippen LogP contribution in [0.15, 0.2) is 89.3 Å². The fourth-order valence-electron chi connectivity index (χ4n) is 3.00. The molecule has 3 aromatic carbocycles. The van der Waals surface area contributed by atoms with Crippen LogP contribution in [0.25, 0.3) is 11.5 Å². The lowest BCUT2D eigenvalue weighted by molar-refractivity contribution is 0.302. The third-order valence-electron chi connectivity index (χ3n) is 4.59. The standard InChI is InChI=1S/C25H23NO3/c1-19-24(26-25(29-19)21-10-6-3-7-11-21)16-17-27-22-12-14-23(15-13-22)28-18-20-8-4-2-5-9-20/h2-15H,16-18H2,1H3. The molecule has 0 saturated heterocycles. The van der Waals surface area contributed by atoms with Crippen LogP contribution < -0.4 is 9.47 Å². The molecule has 0 bridgehead atoms. The molecular formula is C25H23NO3. The van der Waals surface area contributed by atoms with Gasteiger partial charge in [0.1, 0.15) is 23.9 Å². The predicted molar refractivity (Wildman–Crippen MR) is 113 cm³/mol. The average molecular weight is 385 g/mol. The van der Waals surface area contributed by atoms with Gasteiger partial charge in [0.15, 0.2) is 0 Å². The van der Waals surface area contributed by atoms with Crippen molar-refractivity contribution >= 4 is 0 Å². The minimum Gasteiger partial charge on any atom is -0.493 e. The van der Waals surface area contributed by atoms with Crippen molar-refractivity contribution < 1.29 is 13.9 Å². The molecule has 0 unspecified atom stereocenters. The average Bonchev–Trinajstić information content (AvgIpc) is 3.15. The van der Waals surface area contributed by atoms with Crippen LogP contribution in [0.2, 0.25) is 0 Å². The lowest BCUT2D eigenvalue weighted by Crippen LogP contribution is -2.03. The maximum absolute atomic E-state index is 5.86. The predicted octanol–water partition coefficient (Wildman–Crippen LogP) is 5.85. The highest BCUT2D eigenvalue weighted by Gasteiger charge is 2.11. The van der Waals surface area contributed by atoms with Crippen LogP contribution >= 0.6 is 0 Å². The van der Waals surface area contributed by atoms with Crippen LogP contribution in [0.4, 0.5) is 0 Å². The lowest BCUT2D eigenvalue weighted by atomic mass is 10.2. The van der Waals surface area contributed by atoms with E-state index in [0.717, 1.165) is 34.1 Å². The van der Waals surface area contributed by atoms with Crippen molar-refractivity contribution in [2.24, 2.45) is 0 Å². The minimum absolute atomic E-state index is 0.534. The molecule has 0 aliphatic carbocycles. The second-order valence-corrected chi connectivity index (χ2v) is 6.73. The van der Waals surface area contributed by atoms with Crippen molar-refractivity contribution in [1.29, 1.82) is 0 Å². The van der Waals surface area contributed by atoms with Gasteiger partial charge < -0.3 is 13.9 Å². The van der Waals surface area contributed by atoms with Crippen molar-refractivity contribution in [3.63, 3.8) is 0 Å². The Morgan fingerprint density at radius 1 is 0.759 bits per heavy atom. The first-order chi connectivity index (χ1) is 14.3. The number of benzene rings is 3. The Morgan fingerprint density at radius 2 is 1.38 bits per heavy atom. The fraction of sp³-hybridized carbons (Fsp3) is 0.160. The molecule has 4 nitrogen and oxygen atoms in total. The Kier molecular flexibility index (Phi) is 5.91. The molecule has 0 aliphatic rings. The highest BCUT2D eigenvalue weighted by molar-refractivity contribution is 5.53. The second-order valence-electron chi connectivity index (χ2n) is 6.73. The molecule has 0 spiro atoms. The van der Waals surface area contributed by atoms with Gasteiger partial charge in [0.25, 0.3) is 0 Å². The summed E-state index contributed by atoms with van der Waals surface area (Å²) in [6.45, 7) is 3.02. The summed E-state index contributed by atoms with van der Waals surface area (Å²) in [5.41, 5.74) is 3.05. The van der Waals surface area contributed by atoms with E-state index in [1.54, 1.807) is 0 Å². The van der Waals surface area contributed by atoms with Gasteiger partial charge in [-0.1, -0.05) is 48.5 Å². The zero-order chi connectivity index (χ0) is 19.9. The van der Waals surface area contributed by atoms with Crippen molar-refractivity contribution in [3.8, 4) is 23.0 Å². The Balaban J connectivity index is 1.28. The van der Waals surface area contributed by atoms with E-state index in [9.17, 15) is 0 Å². The number of aryl methyl sites for hydroxylation is 1. The molecule has 4 aromatic rings. The van der Waals surface area contributed by atoms with Crippen molar-refractivity contribution in [2.75, 3.05) is 6.61 Å². The Morgan fingerprint density at radius 3 is 2.07 bits per heavy atom. The van der Waals surface area contributed by atoms with Gasteiger partial charge in [-0.25, -0.2) is 4.98 Å². The summed E-state index contributed by atoms with van der Waals surface area (Å²) < 4.78 is 17.5. The molecule has 4 heteroatoms. The Bertz CT molecular complexity index is 1020. The molecule has 1 heterocycles. The maximum atomic E-state index is 5.86. The molecule has 0 N–H and O–H groups in total. The van der Waals surface area contributed by atoms with Crippen LogP contribution in [-0.4, -0.2) is 11.6 Å². The van der Waals surface area contributed by atoms with Gasteiger partial charge in [-0.2, -0.15) is 0 Å². The van der Waals surface area contributed by atoms with Crippen LogP contribution in [0.5, 0.6) is 11.5 Å². The monoisotopic (exact) mass is 385 g/mol. The maximum Gasteiger partial charge on any atom is 0.226 e. The molecule has 146 valence electrons. The van der Waals surface area contributed by atoms with Crippen molar-refractivity contribution in [3.05, 3.63) is 102 Å². The van der Waals surface area contributed by atoms with E-state index >= 15 is 0 Å². The number of aromatic nitrogens is 1. The molecule has 0 saturated carbocycles. The second kappa shape index (κ2) is 9.11. The fourth-order valence-corrected chi connectivity index (χ4v) is 3.00. The molecular weight excluding hydrogens is 362 g/mol. The zero-order valence-electron chi connectivity index (χ0n) is 16.4. The largest absolute Gasteiger partial charge is 0.493 e. The molecule has 0 amide bonds. The quantitative estimate of drug-likeness (QED) is 0.382. The summed E-state index contributed by atoms with van der Waals surface area (Å²) >= 11 is 0. The molecule has 4 rings (SSSR count). The van der Waals surface area contributed by atoms with Crippen LogP contribution in [0, 0.1) is 6.92 Å². The van der Waals surface area contributed by atoms with E-state index in [1.807, 2.05) is 91.9 Å². The van der Waals surface area contributed by atoms with Gasteiger partial charge in [0.05, 0.1) is 12.3 Å². The first-order valence-corrected chi connectivity index (χ1v) is 9.69. The van der Waals surface area contributed by atoms with Gasteiger partial charge in [-0.3, -0.25) is 0 Å². The zero-order valence-corrected chi connectivity index (χ0v) is 16.4. The summed E-state index contributed by atoms with van der Waals surface area (Å²) in [5, 5.41) is 0. The number of hydrogen-bond acceptors (Lipinski definition) is 4. The molecule has 0 fully saturated rings. The van der Waals surface area contributed by atoms with E-state index in [4.69, 9.17) is 13.9 Å². The Labute approximate surface area is 170 Å². The van der Waals surface area contributed by atoms with Crippen LogP contribution in [-0.2, 0) is 13.0 Å². The highest BCUT2D eigenvalue weighted by Crippen LogP contribution is 2.22. The third kappa shape index (κ3) is 5.05. The van der Waals surface area contributed by atoms with Crippen molar-refractivity contribution in [2.45, 2.75) is 20.0 Å². The molecule has 29 heavy (non-hydrogen) atoms. The first kappa shape index (κ1) is 18.8. The summed E-state index contributed by atoms with van der Waals surface area (Å²) in [4.78, 5) is 4.61. The molecule has 0 radical (unpaired) electrons. The summed E-state index contributed by atoms with van der Waals surface area (Å²) in [5.74, 6) is 3.11. The van der Waals surface area contributed by atoms with Gasteiger partial charge in [-0.05, 0) is 48.9 Å². The first-order valence-electron chi connectivity index (χ1n) is 9.69. The van der Waals surface area contributed by atoms with Crippen molar-refractivity contribution in [1.82, 2.24) is 4.98 Å². The van der Waals surface area contributed by atoms with E-state index in [1.165, 1.54) is 0 Å². The highest BCUT2D eigenvalue weighted by atomic mass is 16.5. The topological polar surface area (TPSA) is 44.5 Å². The normalized spacial score (nSPS) is 10.7. The third-order valence-corrected chi connectivity index (χ3v) is 4.59. The minimum atomic E-state index is 0.534. The summed E-state index contributed by atoms with van der Waals surface area (Å²) in [6.07, 6.45) is 0.689. The van der Waals surface area contributed by atoms with Gasteiger partial charge in [-0.15, -0.1) is 0 Å². The van der Waals surface area contributed by atoms with Gasteiger partial charge in [0, 0.05) is 12.0 Å². The smallest absolute Gasteiger partial charge is 0.226 e. The number of hydrogen-bond donors (Lipinski definition) is 0. The molecule has 0 aliphatic heterocycles. The molecule has 0 atom stereocenters.